The number of imidazole rings is 1. The number of aliphatic hydroxyl groups is 2. The first-order valence-corrected chi connectivity index (χ1v) is 14.1. The molecule has 2 unspecified atom stereocenters. The smallest absolute Gasteiger partial charge is 0.321 e. The van der Waals surface area contributed by atoms with Crippen molar-refractivity contribution in [3.05, 3.63) is 12.7 Å². The highest BCUT2D eigenvalue weighted by atomic mass is 32.2. The minimum atomic E-state index is -4.52. The first kappa shape index (κ1) is 30.6. The van der Waals surface area contributed by atoms with Crippen LogP contribution in [0.3, 0.4) is 0 Å². The summed E-state index contributed by atoms with van der Waals surface area (Å²) in [6, 6.07) is -2.53. The number of aliphatic hydroxyl groups excluding tert-OH is 2. The summed E-state index contributed by atoms with van der Waals surface area (Å²) in [5.41, 5.74) is 16.8. The first-order valence-electron chi connectivity index (χ1n) is 10.6. The number of carbonyl (C=O) groups is 2. The van der Waals surface area contributed by atoms with Crippen molar-refractivity contribution in [3.8, 4) is 0 Å². The topological polar surface area (TPSA) is 303 Å². The zero-order valence-electron chi connectivity index (χ0n) is 19.5. The number of fused-ring (bicyclic) bond motifs is 1. The third-order valence-electron chi connectivity index (χ3n) is 5.24. The summed E-state index contributed by atoms with van der Waals surface area (Å²) < 4.78 is 36.9. The lowest BCUT2D eigenvalue weighted by Gasteiger charge is -2.16. The van der Waals surface area contributed by atoms with Gasteiger partial charge < -0.3 is 46.9 Å². The number of nitrogens with zero attached hydrogens (tertiary/aromatic N) is 4. The van der Waals surface area contributed by atoms with Crippen LogP contribution in [0.25, 0.3) is 11.2 Å². The molecule has 37 heavy (non-hydrogen) atoms. The van der Waals surface area contributed by atoms with E-state index in [-0.39, 0.29) is 16.7 Å². The molecule has 1 fully saturated rings. The Morgan fingerprint density at radius 1 is 1.16 bits per heavy atom. The summed E-state index contributed by atoms with van der Waals surface area (Å²) in [6.45, 7) is 0. The number of ether oxygens (including phenoxy) is 1. The van der Waals surface area contributed by atoms with Crippen molar-refractivity contribution in [2.75, 3.05) is 29.2 Å². The van der Waals surface area contributed by atoms with E-state index in [2.05, 4.69) is 15.0 Å². The molecule has 10 N–H and O–H groups in total. The maximum absolute atomic E-state index is 10.8. The Morgan fingerprint density at radius 2 is 1.78 bits per heavy atom. The fourth-order valence-corrected chi connectivity index (χ4v) is 5.50. The van der Waals surface area contributed by atoms with Crippen molar-refractivity contribution >= 4 is 49.9 Å². The van der Waals surface area contributed by atoms with E-state index < -0.39 is 64.4 Å². The third kappa shape index (κ3) is 8.43. The molecule has 0 saturated carbocycles. The van der Waals surface area contributed by atoms with E-state index in [0.717, 1.165) is 0 Å². The molecule has 2 aromatic rings. The maximum atomic E-state index is 10.8. The lowest BCUT2D eigenvalue weighted by Crippen LogP contribution is -2.37. The van der Waals surface area contributed by atoms with E-state index in [4.69, 9.17) is 32.2 Å². The van der Waals surface area contributed by atoms with Crippen LogP contribution in [0.4, 0.5) is 5.82 Å². The predicted molar refractivity (Wildman–Crippen MR) is 129 cm³/mol. The summed E-state index contributed by atoms with van der Waals surface area (Å²) in [5, 5.41) is 37.7. The zero-order valence-corrected chi connectivity index (χ0v) is 21.2. The van der Waals surface area contributed by atoms with Crippen LogP contribution in [-0.2, 0) is 35.3 Å². The van der Waals surface area contributed by atoms with E-state index >= 15 is 0 Å². The van der Waals surface area contributed by atoms with Gasteiger partial charge in [0.2, 0.25) is 0 Å². The van der Waals surface area contributed by atoms with Crippen molar-refractivity contribution in [2.45, 2.75) is 43.0 Å². The van der Waals surface area contributed by atoms with Crippen LogP contribution in [0.1, 0.15) is 12.6 Å². The van der Waals surface area contributed by atoms with Crippen molar-refractivity contribution in [2.24, 2.45) is 11.5 Å². The van der Waals surface area contributed by atoms with Crippen molar-refractivity contribution < 1.29 is 47.7 Å². The Balaban J connectivity index is 0.000000410. The predicted octanol–water partition coefficient (Wildman–Crippen LogP) is -3.98. The lowest BCUT2D eigenvalue weighted by molar-refractivity contribution is -0.139. The molecule has 0 aliphatic carbocycles. The normalized spacial score (nSPS) is 24.2. The van der Waals surface area contributed by atoms with Crippen molar-refractivity contribution in [3.63, 3.8) is 0 Å². The van der Waals surface area contributed by atoms with Crippen LogP contribution in [0, 0.1) is 0 Å². The summed E-state index contributed by atoms with van der Waals surface area (Å²) in [7, 11) is -4.76. The number of hydrogen-bond acceptors (Lipinski definition) is 14. The monoisotopic (exact) mass is 567 g/mol. The molecular formula is C18H29N7O10S2. The lowest BCUT2D eigenvalue weighted by atomic mass is 10.1. The minimum Gasteiger partial charge on any atom is -0.748 e. The van der Waals surface area contributed by atoms with Gasteiger partial charge in [0.05, 0.1) is 28.5 Å². The number of nitrogen functional groups attached to an aromatic ring is 1. The van der Waals surface area contributed by atoms with Crippen LogP contribution in [0.5, 0.6) is 0 Å². The van der Waals surface area contributed by atoms with Gasteiger partial charge in [0.1, 0.15) is 53.7 Å². The number of rotatable bonds is 10. The number of carboxylic acid groups (broad SMARTS) is 2. The molecule has 19 heteroatoms. The quantitative estimate of drug-likeness (QED) is 0.106. The summed E-state index contributed by atoms with van der Waals surface area (Å²) in [5.74, 6) is -2.31. The summed E-state index contributed by atoms with van der Waals surface area (Å²) in [4.78, 5) is 32.8. The van der Waals surface area contributed by atoms with Crippen LogP contribution in [0.2, 0.25) is 0 Å². The van der Waals surface area contributed by atoms with E-state index in [1.807, 2.05) is 6.26 Å². The van der Waals surface area contributed by atoms with Crippen molar-refractivity contribution in [1.29, 1.82) is 0 Å². The fraction of sp³-hybridized carbons (Fsp3) is 0.611. The van der Waals surface area contributed by atoms with Gasteiger partial charge in [-0.05, 0) is 10.9 Å². The summed E-state index contributed by atoms with van der Waals surface area (Å²) >= 11 is 0. The van der Waals surface area contributed by atoms with Gasteiger partial charge in [-0.1, -0.05) is 0 Å². The molecular weight excluding hydrogens is 538 g/mol. The molecule has 0 aromatic carbocycles. The highest BCUT2D eigenvalue weighted by molar-refractivity contribution is 7.96. The second-order valence-corrected chi connectivity index (χ2v) is 11.9. The molecule has 0 amide bonds. The minimum absolute atomic E-state index is 0.216. The van der Waals surface area contributed by atoms with Crippen LogP contribution in [-0.4, -0.2) is 119 Å². The number of anilines is 1. The Labute approximate surface area is 213 Å². The Kier molecular flexibility index (Phi) is 10.5. The van der Waals surface area contributed by atoms with E-state index in [0.29, 0.717) is 29.1 Å². The fourth-order valence-electron chi connectivity index (χ4n) is 3.26. The van der Waals surface area contributed by atoms with Gasteiger partial charge in [-0.15, -0.1) is 0 Å². The second kappa shape index (κ2) is 12.7. The molecule has 1 aliphatic rings. The second-order valence-electron chi connectivity index (χ2n) is 8.18. The van der Waals surface area contributed by atoms with Gasteiger partial charge in [-0.25, -0.2) is 23.4 Å². The van der Waals surface area contributed by atoms with Gasteiger partial charge in [0, 0.05) is 6.42 Å². The average molecular weight is 568 g/mol. The van der Waals surface area contributed by atoms with E-state index in [1.54, 1.807) is 0 Å². The number of carboxylic acids is 2. The molecule has 17 nitrogen and oxygen atoms in total. The average Bonchev–Trinajstić information content (AvgIpc) is 3.34. The van der Waals surface area contributed by atoms with E-state index in [1.165, 1.54) is 17.2 Å². The molecule has 1 saturated heterocycles. The molecule has 208 valence electrons. The third-order valence-corrected chi connectivity index (χ3v) is 7.84. The zero-order chi connectivity index (χ0) is 28.1. The Morgan fingerprint density at radius 3 is 2.32 bits per heavy atom. The molecule has 0 radical (unpaired) electrons. The molecule has 7 atom stereocenters. The number of hydrogen-bond donors (Lipinski definition) is 7. The SMILES string of the molecule is C[S+](CC[C@H](N)C(=O)O)C[C@H]1O[C@@H](n2cnc3c(N)ncnc32)[C@H](O)[C@@H]1O.NC(CS(=O)(=O)[O-])C(=O)O. The molecule has 0 bridgehead atoms. The Hall–Kier alpha value is -2.65. The van der Waals surface area contributed by atoms with Gasteiger partial charge in [0.15, 0.2) is 17.7 Å². The number of nitrogens with two attached hydrogens (primary N) is 3. The maximum Gasteiger partial charge on any atom is 0.321 e. The number of aliphatic carboxylic acids is 2. The number of aromatic nitrogens is 4. The van der Waals surface area contributed by atoms with Crippen LogP contribution >= 0.6 is 0 Å². The molecule has 2 aromatic heterocycles. The highest BCUT2D eigenvalue weighted by Crippen LogP contribution is 2.32. The Bertz CT molecular complexity index is 1200. The largest absolute Gasteiger partial charge is 0.748 e. The molecule has 3 rings (SSSR count). The van der Waals surface area contributed by atoms with Crippen molar-refractivity contribution in [1.82, 2.24) is 19.5 Å². The molecule has 0 spiro atoms. The highest BCUT2D eigenvalue weighted by Gasteiger charge is 2.46. The summed E-state index contributed by atoms with van der Waals surface area (Å²) in [6.07, 6.45) is 1.31. The standard InChI is InChI=1S/C15H22N6O5S.C3H7NO5S/c1-27(3-2-7(16)15(24)25)4-8-10(22)11(23)14(26-8)21-6-20-9-12(17)18-5-19-13(9)21;4-2(3(5)6)1-10(7,8)9/h5-8,10-11,14,22-23H,2-4,16H2,1H3,(H2-,17,18,19,24,25);2H,1,4H2,(H,5,6)(H,7,8,9)/t7-,8+,10+,11+,14+,27?;/m0./s1. The van der Waals surface area contributed by atoms with Gasteiger partial charge in [-0.2, -0.15) is 0 Å². The first-order chi connectivity index (χ1) is 17.1. The molecule has 1 aliphatic heterocycles. The van der Waals surface area contributed by atoms with Crippen LogP contribution < -0.4 is 17.2 Å². The van der Waals surface area contributed by atoms with Gasteiger partial charge >= 0.3 is 11.9 Å². The molecule has 3 heterocycles. The van der Waals surface area contributed by atoms with Gasteiger partial charge in [-0.3, -0.25) is 14.2 Å². The van der Waals surface area contributed by atoms with E-state index in [9.17, 15) is 32.8 Å². The van der Waals surface area contributed by atoms with Gasteiger partial charge in [0.25, 0.3) is 0 Å². The van der Waals surface area contributed by atoms with Crippen LogP contribution in [0.15, 0.2) is 12.7 Å².